The minimum atomic E-state index is -0.585. The lowest BCUT2D eigenvalue weighted by atomic mass is 10.0. The fourth-order valence-corrected chi connectivity index (χ4v) is 5.36. The Hall–Kier alpha value is -2.49. The molecule has 4 heterocycles. The number of aromatic nitrogens is 1. The molecule has 3 aliphatic rings. The summed E-state index contributed by atoms with van der Waals surface area (Å²) in [5, 5.41) is 3.00. The molecule has 0 aliphatic carbocycles. The average molecular weight is 533 g/mol. The van der Waals surface area contributed by atoms with Crippen LogP contribution in [0.5, 0.6) is 0 Å². The van der Waals surface area contributed by atoms with Crippen LogP contribution in [-0.4, -0.2) is 64.7 Å². The number of fused-ring (bicyclic) bond motifs is 1. The quantitative estimate of drug-likeness (QED) is 0.610. The van der Waals surface area contributed by atoms with Gasteiger partial charge in [-0.15, -0.1) is 0 Å². The summed E-state index contributed by atoms with van der Waals surface area (Å²) in [4.78, 5) is 47.2. The standard InChI is InChI=1S/C23H23BrClN5O3/c24-20-17(25)5-6-26-21(20)29-9-7-28(8-10-29)12-14-1-2-16-15(11-14)13-30(23(16)33)18-3-4-19(31)27-22(18)32/h1-2,5-6,11,18H,3-4,7-10,12-13H2,(H,27,31,32). The third kappa shape index (κ3) is 4.37. The number of imide groups is 1. The van der Waals surface area contributed by atoms with Gasteiger partial charge < -0.3 is 9.80 Å². The lowest BCUT2D eigenvalue weighted by Gasteiger charge is -2.36. The SMILES string of the molecule is O=C1CCC(N2Cc3cc(CN4CCN(c5nccc(Cl)c5Br)CC4)ccc3C2=O)C(=O)N1. The normalized spacial score (nSPS) is 21.4. The molecular formula is C23H23BrClN5O3. The van der Waals surface area contributed by atoms with Crippen LogP contribution in [0.15, 0.2) is 34.9 Å². The molecule has 0 bridgehead atoms. The Morgan fingerprint density at radius 3 is 2.67 bits per heavy atom. The fourth-order valence-electron chi connectivity index (χ4n) is 4.73. The molecule has 2 fully saturated rings. The van der Waals surface area contributed by atoms with E-state index in [9.17, 15) is 14.4 Å². The highest BCUT2D eigenvalue weighted by molar-refractivity contribution is 9.10. The number of nitrogens with one attached hydrogen (secondary N) is 1. The van der Waals surface area contributed by atoms with E-state index >= 15 is 0 Å². The predicted octanol–water partition coefficient (Wildman–Crippen LogP) is 2.58. The van der Waals surface area contributed by atoms with Crippen LogP contribution in [0.4, 0.5) is 5.82 Å². The minimum Gasteiger partial charge on any atom is -0.353 e. The van der Waals surface area contributed by atoms with Crippen molar-refractivity contribution in [1.29, 1.82) is 0 Å². The number of pyridine rings is 1. The van der Waals surface area contributed by atoms with E-state index in [0.717, 1.165) is 54.1 Å². The second-order valence-electron chi connectivity index (χ2n) is 8.59. The van der Waals surface area contributed by atoms with Gasteiger partial charge in [-0.3, -0.25) is 24.6 Å². The fraction of sp³-hybridized carbons (Fsp3) is 0.391. The molecule has 0 saturated carbocycles. The molecule has 2 aromatic rings. The van der Waals surface area contributed by atoms with Gasteiger partial charge in [0.25, 0.3) is 5.91 Å². The van der Waals surface area contributed by atoms with Crippen molar-refractivity contribution in [3.63, 3.8) is 0 Å². The number of amides is 3. The first kappa shape index (κ1) is 22.3. The number of rotatable bonds is 4. The van der Waals surface area contributed by atoms with Gasteiger partial charge in [0.05, 0.1) is 9.50 Å². The first-order valence-electron chi connectivity index (χ1n) is 10.9. The lowest BCUT2D eigenvalue weighted by Crippen LogP contribution is -2.52. The maximum absolute atomic E-state index is 12.9. The molecule has 3 amide bonds. The highest BCUT2D eigenvalue weighted by Crippen LogP contribution is 2.32. The Morgan fingerprint density at radius 2 is 1.91 bits per heavy atom. The largest absolute Gasteiger partial charge is 0.353 e. The van der Waals surface area contributed by atoms with Gasteiger partial charge in [-0.2, -0.15) is 0 Å². The zero-order chi connectivity index (χ0) is 23.1. The summed E-state index contributed by atoms with van der Waals surface area (Å²) in [6.07, 6.45) is 2.35. The molecule has 3 aliphatic heterocycles. The van der Waals surface area contributed by atoms with Crippen molar-refractivity contribution in [2.75, 3.05) is 31.1 Å². The van der Waals surface area contributed by atoms with Crippen LogP contribution in [0.3, 0.4) is 0 Å². The van der Waals surface area contributed by atoms with E-state index in [2.05, 4.69) is 42.1 Å². The molecule has 2 saturated heterocycles. The van der Waals surface area contributed by atoms with Crippen LogP contribution in [0.2, 0.25) is 5.02 Å². The van der Waals surface area contributed by atoms with Gasteiger partial charge in [0.15, 0.2) is 0 Å². The summed E-state index contributed by atoms with van der Waals surface area (Å²) in [6.45, 7) is 4.66. The van der Waals surface area contributed by atoms with Crippen molar-refractivity contribution in [2.45, 2.75) is 32.0 Å². The number of carbonyl (C=O) groups excluding carboxylic acids is 3. The number of benzene rings is 1. The topological polar surface area (TPSA) is 85.9 Å². The Bertz CT molecular complexity index is 1140. The maximum Gasteiger partial charge on any atom is 0.255 e. The van der Waals surface area contributed by atoms with Gasteiger partial charge in [0.2, 0.25) is 11.8 Å². The summed E-state index contributed by atoms with van der Waals surface area (Å²) in [6, 6.07) is 7.11. The molecule has 8 nitrogen and oxygen atoms in total. The van der Waals surface area contributed by atoms with Crippen LogP contribution >= 0.6 is 27.5 Å². The van der Waals surface area contributed by atoms with Gasteiger partial charge in [-0.05, 0) is 45.6 Å². The van der Waals surface area contributed by atoms with E-state index in [4.69, 9.17) is 11.6 Å². The molecule has 33 heavy (non-hydrogen) atoms. The number of hydrogen-bond donors (Lipinski definition) is 1. The number of anilines is 1. The van der Waals surface area contributed by atoms with E-state index in [1.54, 1.807) is 17.2 Å². The van der Waals surface area contributed by atoms with Gasteiger partial charge >= 0.3 is 0 Å². The second kappa shape index (κ2) is 9.04. The van der Waals surface area contributed by atoms with Crippen LogP contribution < -0.4 is 10.2 Å². The Kier molecular flexibility index (Phi) is 6.11. The van der Waals surface area contributed by atoms with Crippen molar-refractivity contribution in [3.8, 4) is 0 Å². The number of piperazine rings is 1. The van der Waals surface area contributed by atoms with E-state index in [1.165, 1.54) is 0 Å². The average Bonchev–Trinajstić information content (AvgIpc) is 3.12. The number of carbonyl (C=O) groups is 3. The summed E-state index contributed by atoms with van der Waals surface area (Å²) < 4.78 is 0.823. The molecule has 0 radical (unpaired) electrons. The van der Waals surface area contributed by atoms with Gasteiger partial charge in [0.1, 0.15) is 11.9 Å². The Balaban J connectivity index is 1.22. The van der Waals surface area contributed by atoms with Gasteiger partial charge in [-0.1, -0.05) is 23.7 Å². The van der Waals surface area contributed by atoms with Crippen molar-refractivity contribution in [2.24, 2.45) is 0 Å². The van der Waals surface area contributed by atoms with E-state index in [-0.39, 0.29) is 24.1 Å². The van der Waals surface area contributed by atoms with Gasteiger partial charge in [-0.25, -0.2) is 4.98 Å². The predicted molar refractivity (Wildman–Crippen MR) is 127 cm³/mol. The smallest absolute Gasteiger partial charge is 0.255 e. The summed E-state index contributed by atoms with van der Waals surface area (Å²) in [7, 11) is 0. The minimum absolute atomic E-state index is 0.140. The number of piperidine rings is 1. The maximum atomic E-state index is 12.9. The zero-order valence-electron chi connectivity index (χ0n) is 17.9. The van der Waals surface area contributed by atoms with Crippen molar-refractivity contribution in [1.82, 2.24) is 20.1 Å². The lowest BCUT2D eigenvalue weighted by molar-refractivity contribution is -0.136. The molecule has 1 aromatic heterocycles. The molecule has 1 unspecified atom stereocenters. The summed E-state index contributed by atoms with van der Waals surface area (Å²) in [5.41, 5.74) is 2.72. The Labute approximate surface area is 205 Å². The van der Waals surface area contributed by atoms with Gasteiger partial charge in [0, 0.05) is 57.4 Å². The monoisotopic (exact) mass is 531 g/mol. The summed E-state index contributed by atoms with van der Waals surface area (Å²) >= 11 is 9.75. The highest BCUT2D eigenvalue weighted by Gasteiger charge is 2.39. The second-order valence-corrected chi connectivity index (χ2v) is 9.79. The highest BCUT2D eigenvalue weighted by atomic mass is 79.9. The van der Waals surface area contributed by atoms with Crippen LogP contribution in [0.1, 0.15) is 34.3 Å². The molecule has 1 N–H and O–H groups in total. The van der Waals surface area contributed by atoms with E-state index in [0.29, 0.717) is 23.6 Å². The number of halogens is 2. The molecule has 10 heteroatoms. The van der Waals surface area contributed by atoms with E-state index in [1.807, 2.05) is 12.1 Å². The third-order valence-corrected chi connectivity index (χ3v) is 7.81. The first-order valence-corrected chi connectivity index (χ1v) is 12.1. The molecule has 5 rings (SSSR count). The van der Waals surface area contributed by atoms with Crippen LogP contribution in [0.25, 0.3) is 0 Å². The molecular weight excluding hydrogens is 510 g/mol. The van der Waals surface area contributed by atoms with Crippen molar-refractivity contribution >= 4 is 51.1 Å². The number of hydrogen-bond acceptors (Lipinski definition) is 6. The number of nitrogens with zero attached hydrogens (tertiary/aromatic N) is 4. The molecule has 1 atom stereocenters. The molecule has 1 aromatic carbocycles. The van der Waals surface area contributed by atoms with E-state index < -0.39 is 6.04 Å². The van der Waals surface area contributed by atoms with Crippen molar-refractivity contribution in [3.05, 3.63) is 56.6 Å². The molecule has 172 valence electrons. The molecule has 0 spiro atoms. The Morgan fingerprint density at radius 1 is 1.12 bits per heavy atom. The first-order chi connectivity index (χ1) is 15.9. The van der Waals surface area contributed by atoms with Crippen LogP contribution in [0, 0.1) is 0 Å². The van der Waals surface area contributed by atoms with Crippen LogP contribution in [-0.2, 0) is 22.7 Å². The third-order valence-electron chi connectivity index (χ3n) is 6.49. The van der Waals surface area contributed by atoms with Crippen molar-refractivity contribution < 1.29 is 14.4 Å². The summed E-state index contributed by atoms with van der Waals surface area (Å²) in [5.74, 6) is 0.0682. The zero-order valence-corrected chi connectivity index (χ0v) is 20.2.